The van der Waals surface area contributed by atoms with Gasteiger partial charge < -0.3 is 4.74 Å². The van der Waals surface area contributed by atoms with Crippen molar-refractivity contribution >= 4 is 84.2 Å². The van der Waals surface area contributed by atoms with Gasteiger partial charge in [0.15, 0.2) is 6.29 Å². The number of hydrogen-bond acceptors (Lipinski definition) is 4. The second-order valence-corrected chi connectivity index (χ2v) is 9.06. The minimum absolute atomic E-state index is 0.0967. The van der Waals surface area contributed by atoms with E-state index in [1.54, 1.807) is 6.08 Å². The van der Waals surface area contributed by atoms with Gasteiger partial charge >= 0.3 is 0 Å². The molecule has 0 aliphatic heterocycles. The Bertz CT molecular complexity index is 525. The maximum Gasteiger partial charge on any atom is 0.264 e. The molecule has 0 radical (unpaired) electrons. The van der Waals surface area contributed by atoms with Gasteiger partial charge in [0, 0.05) is 23.8 Å². The molecule has 1 aliphatic carbocycles. The molecule has 0 bridgehead atoms. The molecule has 0 saturated heterocycles. The van der Waals surface area contributed by atoms with Gasteiger partial charge in [0.25, 0.3) is 10.1 Å². The Kier molecular flexibility index (Phi) is 7.17. The highest BCUT2D eigenvalue weighted by Crippen LogP contribution is 2.42. The molecular formula is C10H11I3O5S. The fraction of sp³-hybridized carbons (Fsp3) is 0.500. The van der Waals surface area contributed by atoms with Gasteiger partial charge in [0.1, 0.15) is 5.60 Å². The van der Waals surface area contributed by atoms with Crippen molar-refractivity contribution in [3.05, 3.63) is 16.8 Å². The summed E-state index contributed by atoms with van der Waals surface area (Å²) in [6, 6.07) is 0. The quantitative estimate of drug-likeness (QED) is 0.213. The van der Waals surface area contributed by atoms with Crippen LogP contribution < -0.4 is 0 Å². The number of aldehydes is 1. The van der Waals surface area contributed by atoms with Crippen molar-refractivity contribution in [3.8, 4) is 0 Å². The van der Waals surface area contributed by atoms with Crippen LogP contribution in [0.5, 0.6) is 0 Å². The second-order valence-electron chi connectivity index (χ2n) is 3.95. The van der Waals surface area contributed by atoms with Crippen LogP contribution in [0.1, 0.15) is 12.8 Å². The van der Waals surface area contributed by atoms with Gasteiger partial charge in [0.05, 0.1) is 5.75 Å². The molecule has 1 aliphatic rings. The molecule has 1 rings (SSSR count). The Hall–Kier alpha value is 1.21. The summed E-state index contributed by atoms with van der Waals surface area (Å²) in [4.78, 5) is 11.3. The van der Waals surface area contributed by atoms with Crippen molar-refractivity contribution in [2.45, 2.75) is 18.4 Å². The molecule has 0 saturated carbocycles. The van der Waals surface area contributed by atoms with Crippen molar-refractivity contribution in [3.63, 3.8) is 0 Å². The number of rotatable bonds is 6. The SMILES string of the molecule is O=CC1(OCCCS(=O)(=O)O)C=C(I)C(I)=C(I)C1. The average molecular weight is 624 g/mol. The van der Waals surface area contributed by atoms with E-state index in [1.165, 1.54) is 0 Å². The Morgan fingerprint density at radius 2 is 2.05 bits per heavy atom. The second kappa shape index (κ2) is 7.47. The van der Waals surface area contributed by atoms with Crippen LogP contribution in [-0.4, -0.2) is 37.2 Å². The Labute approximate surface area is 152 Å². The van der Waals surface area contributed by atoms with E-state index in [2.05, 4.69) is 67.8 Å². The van der Waals surface area contributed by atoms with Crippen LogP contribution in [0, 0.1) is 0 Å². The summed E-state index contributed by atoms with van der Waals surface area (Å²) in [7, 11) is -3.98. The Morgan fingerprint density at radius 3 is 2.53 bits per heavy atom. The van der Waals surface area contributed by atoms with Gasteiger partial charge in [-0.2, -0.15) is 8.42 Å². The van der Waals surface area contributed by atoms with Crippen molar-refractivity contribution < 1.29 is 22.5 Å². The number of allylic oxidation sites excluding steroid dienone is 2. The maximum atomic E-state index is 11.3. The summed E-state index contributed by atoms with van der Waals surface area (Å²) in [6.07, 6.45) is 3.09. The van der Waals surface area contributed by atoms with Gasteiger partial charge in [-0.1, -0.05) is 0 Å². The molecule has 0 aromatic rings. The van der Waals surface area contributed by atoms with Gasteiger partial charge in [-0.25, -0.2) is 0 Å². The Morgan fingerprint density at radius 1 is 1.42 bits per heavy atom. The van der Waals surface area contributed by atoms with Crippen molar-refractivity contribution in [2.75, 3.05) is 12.4 Å². The van der Waals surface area contributed by atoms with Crippen molar-refractivity contribution in [1.29, 1.82) is 0 Å². The highest BCUT2D eigenvalue weighted by molar-refractivity contribution is 14.1. The molecule has 19 heavy (non-hydrogen) atoms. The zero-order valence-corrected chi connectivity index (χ0v) is 16.9. The summed E-state index contributed by atoms with van der Waals surface area (Å²) in [5.41, 5.74) is -1.03. The predicted octanol–water partition coefficient (Wildman–Crippen LogP) is 3.02. The van der Waals surface area contributed by atoms with Crippen LogP contribution in [0.15, 0.2) is 16.8 Å². The van der Waals surface area contributed by atoms with E-state index in [4.69, 9.17) is 9.29 Å². The lowest BCUT2D eigenvalue weighted by atomic mass is 9.97. The molecular weight excluding hydrogens is 613 g/mol. The molecule has 9 heteroatoms. The normalized spacial score (nSPS) is 24.3. The first-order valence-electron chi connectivity index (χ1n) is 5.17. The lowest BCUT2D eigenvalue weighted by Crippen LogP contribution is -2.35. The van der Waals surface area contributed by atoms with Crippen LogP contribution in [0.2, 0.25) is 0 Å². The third-order valence-corrected chi connectivity index (χ3v) is 8.24. The first-order chi connectivity index (χ1) is 8.69. The van der Waals surface area contributed by atoms with Gasteiger partial charge in [-0.15, -0.1) is 0 Å². The highest BCUT2D eigenvalue weighted by Gasteiger charge is 2.34. The van der Waals surface area contributed by atoms with E-state index in [0.717, 1.165) is 17.0 Å². The Balaban J connectivity index is 2.67. The summed E-state index contributed by atoms with van der Waals surface area (Å²) >= 11 is 6.52. The molecule has 1 atom stereocenters. The molecule has 1 unspecified atom stereocenters. The summed E-state index contributed by atoms with van der Waals surface area (Å²) in [5.74, 6) is -0.368. The largest absolute Gasteiger partial charge is 0.363 e. The average Bonchev–Trinajstić information content (AvgIpc) is 2.30. The molecule has 1 N–H and O–H groups in total. The van der Waals surface area contributed by atoms with Gasteiger partial charge in [0.2, 0.25) is 0 Å². The van der Waals surface area contributed by atoms with Crippen molar-refractivity contribution in [2.24, 2.45) is 0 Å². The van der Waals surface area contributed by atoms with E-state index in [0.29, 0.717) is 6.42 Å². The van der Waals surface area contributed by atoms with Crippen molar-refractivity contribution in [1.82, 2.24) is 0 Å². The minimum atomic E-state index is -3.98. The molecule has 0 heterocycles. The van der Waals surface area contributed by atoms with Crippen LogP contribution in [0.25, 0.3) is 0 Å². The van der Waals surface area contributed by atoms with Crippen LogP contribution in [0.3, 0.4) is 0 Å². The van der Waals surface area contributed by atoms with Gasteiger partial charge in [-0.05, 0) is 80.3 Å². The molecule has 5 nitrogen and oxygen atoms in total. The smallest absolute Gasteiger partial charge is 0.264 e. The zero-order valence-electron chi connectivity index (χ0n) is 9.61. The van der Waals surface area contributed by atoms with Gasteiger partial charge in [-0.3, -0.25) is 9.35 Å². The molecule has 0 amide bonds. The molecule has 0 aromatic heterocycles. The van der Waals surface area contributed by atoms with E-state index in [-0.39, 0.29) is 18.8 Å². The first-order valence-corrected chi connectivity index (χ1v) is 10.0. The summed E-state index contributed by atoms with van der Waals surface area (Å²) < 4.78 is 38.4. The van der Waals surface area contributed by atoms with Crippen LogP contribution in [-0.2, 0) is 19.6 Å². The lowest BCUT2D eigenvalue weighted by Gasteiger charge is -2.29. The summed E-state index contributed by atoms with van der Waals surface area (Å²) in [6.45, 7) is 0.0967. The van der Waals surface area contributed by atoms with Crippen LogP contribution >= 0.6 is 67.8 Å². The molecule has 0 spiro atoms. The third kappa shape index (κ3) is 5.84. The predicted molar refractivity (Wildman–Crippen MR) is 97.6 cm³/mol. The monoisotopic (exact) mass is 624 g/mol. The standard InChI is InChI=1S/C10H11I3O5S/c11-7-4-10(6-14,5-8(12)9(7)13)18-2-1-3-19(15,16)17/h4,6H,1-3,5H2,(H,15,16,17). The number of ether oxygens (including phenoxy) is 1. The fourth-order valence-electron chi connectivity index (χ4n) is 1.48. The molecule has 0 aromatic carbocycles. The number of halogens is 3. The first kappa shape index (κ1) is 18.3. The third-order valence-electron chi connectivity index (χ3n) is 2.37. The summed E-state index contributed by atoms with van der Waals surface area (Å²) in [5, 5.41) is 0. The number of carbonyl (C=O) groups excluding carboxylic acids is 1. The molecule has 0 fully saturated rings. The topological polar surface area (TPSA) is 80.7 Å². The van der Waals surface area contributed by atoms with E-state index in [9.17, 15) is 13.2 Å². The fourth-order valence-corrected chi connectivity index (χ4v) is 4.57. The van der Waals surface area contributed by atoms with E-state index < -0.39 is 15.7 Å². The van der Waals surface area contributed by atoms with E-state index in [1.807, 2.05) is 0 Å². The molecule has 108 valence electrons. The highest BCUT2D eigenvalue weighted by atomic mass is 127. The van der Waals surface area contributed by atoms with E-state index >= 15 is 0 Å². The van der Waals surface area contributed by atoms with Crippen LogP contribution in [0.4, 0.5) is 0 Å². The number of carbonyl (C=O) groups is 1. The maximum absolute atomic E-state index is 11.3. The lowest BCUT2D eigenvalue weighted by molar-refractivity contribution is -0.125. The minimum Gasteiger partial charge on any atom is -0.363 e. The zero-order chi connectivity index (χ0) is 14.7. The number of hydrogen-bond donors (Lipinski definition) is 1.